The summed E-state index contributed by atoms with van der Waals surface area (Å²) in [6.07, 6.45) is 9.65. The van der Waals surface area contributed by atoms with E-state index in [1.165, 1.54) is 12.8 Å². The fraction of sp³-hybridized carbons (Fsp3) is 0.857. The van der Waals surface area contributed by atoms with Crippen molar-refractivity contribution in [3.63, 3.8) is 0 Å². The van der Waals surface area contributed by atoms with Gasteiger partial charge in [-0.15, -0.1) is 6.42 Å². The van der Waals surface area contributed by atoms with Crippen LogP contribution < -0.4 is 5.32 Å². The summed E-state index contributed by atoms with van der Waals surface area (Å²) in [4.78, 5) is 2.32. The largest absolute Gasteiger partial charge is 0.372 e. The maximum atomic E-state index is 6.01. The van der Waals surface area contributed by atoms with Gasteiger partial charge in [0, 0.05) is 13.1 Å². The number of nitrogens with one attached hydrogen (secondary N) is 1. The van der Waals surface area contributed by atoms with Gasteiger partial charge in [-0.3, -0.25) is 4.90 Å². The molecule has 1 aliphatic rings. The summed E-state index contributed by atoms with van der Waals surface area (Å²) in [7, 11) is 0. The van der Waals surface area contributed by atoms with E-state index < -0.39 is 0 Å². The zero-order valence-electron chi connectivity index (χ0n) is 11.2. The first kappa shape index (κ1) is 14.5. The van der Waals surface area contributed by atoms with Crippen molar-refractivity contribution >= 4 is 0 Å². The predicted molar refractivity (Wildman–Crippen MR) is 72.0 cm³/mol. The smallest absolute Gasteiger partial charge is 0.0707 e. The quantitative estimate of drug-likeness (QED) is 0.648. The van der Waals surface area contributed by atoms with E-state index in [0.717, 1.165) is 39.1 Å². The Balaban J connectivity index is 2.25. The maximum Gasteiger partial charge on any atom is 0.0707 e. The SMILES string of the molecule is C#CCN(CCC)CC1CCC(CNCC)O1. The molecule has 1 fully saturated rings. The van der Waals surface area contributed by atoms with Crippen LogP contribution in [0.4, 0.5) is 0 Å². The Morgan fingerprint density at radius 1 is 1.35 bits per heavy atom. The van der Waals surface area contributed by atoms with E-state index >= 15 is 0 Å². The van der Waals surface area contributed by atoms with Crippen molar-refractivity contribution in [2.45, 2.75) is 45.3 Å². The first-order valence-electron chi connectivity index (χ1n) is 6.82. The van der Waals surface area contributed by atoms with E-state index in [9.17, 15) is 0 Å². The van der Waals surface area contributed by atoms with Crippen LogP contribution in [0.25, 0.3) is 0 Å². The maximum absolute atomic E-state index is 6.01. The van der Waals surface area contributed by atoms with E-state index in [4.69, 9.17) is 11.2 Å². The molecule has 0 saturated carbocycles. The van der Waals surface area contributed by atoms with Gasteiger partial charge >= 0.3 is 0 Å². The topological polar surface area (TPSA) is 24.5 Å². The fourth-order valence-corrected chi connectivity index (χ4v) is 2.34. The molecule has 3 heteroatoms. The summed E-state index contributed by atoms with van der Waals surface area (Å²) in [5.74, 6) is 2.73. The number of rotatable bonds is 8. The molecule has 0 aromatic carbocycles. The number of hydrogen-bond acceptors (Lipinski definition) is 3. The predicted octanol–water partition coefficient (Wildman–Crippen LogP) is 1.49. The molecule has 1 rings (SSSR count). The van der Waals surface area contributed by atoms with Crippen LogP contribution in [-0.2, 0) is 4.74 Å². The van der Waals surface area contributed by atoms with Crippen LogP contribution in [0, 0.1) is 12.3 Å². The summed E-state index contributed by atoms with van der Waals surface area (Å²) in [5, 5.41) is 3.34. The summed E-state index contributed by atoms with van der Waals surface area (Å²) < 4.78 is 6.01. The van der Waals surface area contributed by atoms with E-state index in [-0.39, 0.29) is 0 Å². The highest BCUT2D eigenvalue weighted by Crippen LogP contribution is 2.20. The van der Waals surface area contributed by atoms with Crippen LogP contribution in [-0.4, -0.2) is 49.8 Å². The lowest BCUT2D eigenvalue weighted by Crippen LogP contribution is -2.34. The van der Waals surface area contributed by atoms with Crippen LogP contribution in [0.2, 0.25) is 0 Å². The van der Waals surface area contributed by atoms with Crippen molar-refractivity contribution < 1.29 is 4.74 Å². The first-order chi connectivity index (χ1) is 8.30. The van der Waals surface area contributed by atoms with Gasteiger partial charge in [0.1, 0.15) is 0 Å². The molecule has 0 aromatic rings. The molecule has 1 saturated heterocycles. The van der Waals surface area contributed by atoms with Gasteiger partial charge in [0.2, 0.25) is 0 Å². The minimum Gasteiger partial charge on any atom is -0.372 e. The Kier molecular flexibility index (Phi) is 7.27. The molecule has 0 bridgehead atoms. The number of likely N-dealkylation sites (N-methyl/N-ethyl adjacent to an activating group) is 1. The van der Waals surface area contributed by atoms with E-state index in [2.05, 4.69) is 30.0 Å². The molecule has 3 nitrogen and oxygen atoms in total. The zero-order valence-corrected chi connectivity index (χ0v) is 11.2. The average molecular weight is 238 g/mol. The first-order valence-corrected chi connectivity index (χ1v) is 6.82. The van der Waals surface area contributed by atoms with Crippen LogP contribution in [0.5, 0.6) is 0 Å². The van der Waals surface area contributed by atoms with Crippen LogP contribution in [0.1, 0.15) is 33.1 Å². The molecule has 0 amide bonds. The molecular weight excluding hydrogens is 212 g/mol. The molecule has 0 aromatic heterocycles. The molecule has 1 N–H and O–H groups in total. The van der Waals surface area contributed by atoms with Gasteiger partial charge in [-0.25, -0.2) is 0 Å². The third-order valence-corrected chi connectivity index (χ3v) is 3.13. The number of nitrogens with zero attached hydrogens (tertiary/aromatic N) is 1. The fourth-order valence-electron chi connectivity index (χ4n) is 2.34. The minimum absolute atomic E-state index is 0.374. The molecule has 17 heavy (non-hydrogen) atoms. The minimum atomic E-state index is 0.374. The lowest BCUT2D eigenvalue weighted by molar-refractivity contribution is 0.0260. The molecule has 1 heterocycles. The van der Waals surface area contributed by atoms with E-state index in [0.29, 0.717) is 12.2 Å². The number of terminal acetylenes is 1. The Morgan fingerprint density at radius 3 is 2.76 bits per heavy atom. The summed E-state index contributed by atoms with van der Waals surface area (Å²) in [5.41, 5.74) is 0. The highest BCUT2D eigenvalue weighted by Gasteiger charge is 2.25. The van der Waals surface area contributed by atoms with E-state index in [1.54, 1.807) is 0 Å². The molecule has 2 unspecified atom stereocenters. The van der Waals surface area contributed by atoms with Gasteiger partial charge in [0.25, 0.3) is 0 Å². The van der Waals surface area contributed by atoms with Gasteiger partial charge < -0.3 is 10.1 Å². The van der Waals surface area contributed by atoms with Gasteiger partial charge in [-0.05, 0) is 32.4 Å². The molecule has 1 aliphatic heterocycles. The molecule has 0 aliphatic carbocycles. The normalized spacial score (nSPS) is 24.1. The van der Waals surface area contributed by atoms with Gasteiger partial charge in [-0.1, -0.05) is 19.8 Å². The molecule has 2 atom stereocenters. The Labute approximate surface area is 106 Å². The summed E-state index contributed by atoms with van der Waals surface area (Å²) in [6.45, 7) is 9.11. The highest BCUT2D eigenvalue weighted by molar-refractivity contribution is 4.89. The second-order valence-corrected chi connectivity index (χ2v) is 4.70. The molecule has 0 spiro atoms. The lowest BCUT2D eigenvalue weighted by Gasteiger charge is -2.23. The third kappa shape index (κ3) is 5.54. The van der Waals surface area contributed by atoms with Crippen molar-refractivity contribution in [2.24, 2.45) is 0 Å². The summed E-state index contributed by atoms with van der Waals surface area (Å²) >= 11 is 0. The second kappa shape index (κ2) is 8.52. The Bertz CT molecular complexity index is 237. The van der Waals surface area contributed by atoms with Crippen molar-refractivity contribution in [3.8, 4) is 12.3 Å². The summed E-state index contributed by atoms with van der Waals surface area (Å²) in [6, 6.07) is 0. The van der Waals surface area contributed by atoms with Gasteiger partial charge in [0.15, 0.2) is 0 Å². The van der Waals surface area contributed by atoms with Crippen molar-refractivity contribution in [2.75, 3.05) is 32.7 Å². The monoisotopic (exact) mass is 238 g/mol. The van der Waals surface area contributed by atoms with Crippen molar-refractivity contribution in [3.05, 3.63) is 0 Å². The van der Waals surface area contributed by atoms with Gasteiger partial charge in [0.05, 0.1) is 18.8 Å². The highest BCUT2D eigenvalue weighted by atomic mass is 16.5. The number of hydrogen-bond donors (Lipinski definition) is 1. The molecular formula is C14H26N2O. The number of ether oxygens (including phenoxy) is 1. The van der Waals surface area contributed by atoms with Crippen LogP contribution in [0.3, 0.4) is 0 Å². The Morgan fingerprint density at radius 2 is 2.12 bits per heavy atom. The van der Waals surface area contributed by atoms with Crippen LogP contribution >= 0.6 is 0 Å². The van der Waals surface area contributed by atoms with Crippen molar-refractivity contribution in [1.82, 2.24) is 10.2 Å². The average Bonchev–Trinajstić information content (AvgIpc) is 2.75. The third-order valence-electron chi connectivity index (χ3n) is 3.13. The molecule has 0 radical (unpaired) electrons. The lowest BCUT2D eigenvalue weighted by atomic mass is 10.2. The van der Waals surface area contributed by atoms with Crippen LogP contribution in [0.15, 0.2) is 0 Å². The zero-order chi connectivity index (χ0) is 12.5. The molecule has 98 valence electrons. The van der Waals surface area contributed by atoms with E-state index in [1.807, 2.05) is 0 Å². The Hall–Kier alpha value is -0.560. The standard InChI is InChI=1S/C14H26N2O/c1-4-9-16(10-5-2)12-14-8-7-13(17-14)11-15-6-3/h1,13-15H,5-12H2,2-3H3. The van der Waals surface area contributed by atoms with Crippen molar-refractivity contribution in [1.29, 1.82) is 0 Å². The van der Waals surface area contributed by atoms with Gasteiger partial charge in [-0.2, -0.15) is 0 Å². The second-order valence-electron chi connectivity index (χ2n) is 4.70.